The SMILES string of the molecule is C=C(C(=O)O)C(=O)C1=CCCCC1. The third-order valence-corrected chi connectivity index (χ3v) is 2.11. The van der Waals surface area contributed by atoms with Crippen LogP contribution in [0.1, 0.15) is 25.7 Å². The summed E-state index contributed by atoms with van der Waals surface area (Å²) in [5, 5.41) is 8.54. The predicted molar refractivity (Wildman–Crippen MR) is 48.3 cm³/mol. The minimum atomic E-state index is -1.23. The summed E-state index contributed by atoms with van der Waals surface area (Å²) in [5.41, 5.74) is 0.284. The van der Waals surface area contributed by atoms with Gasteiger partial charge in [-0.2, -0.15) is 0 Å². The summed E-state index contributed by atoms with van der Waals surface area (Å²) in [4.78, 5) is 21.8. The highest BCUT2D eigenvalue weighted by atomic mass is 16.4. The minimum absolute atomic E-state index is 0.326. The quantitative estimate of drug-likeness (QED) is 0.408. The van der Waals surface area contributed by atoms with Crippen LogP contribution in [-0.2, 0) is 9.59 Å². The Bertz CT molecular complexity index is 287. The first-order valence-electron chi connectivity index (χ1n) is 4.29. The first kappa shape index (κ1) is 9.71. The van der Waals surface area contributed by atoms with Crippen molar-refractivity contribution in [3.05, 3.63) is 23.8 Å². The van der Waals surface area contributed by atoms with Crippen LogP contribution < -0.4 is 0 Å². The van der Waals surface area contributed by atoms with Gasteiger partial charge in [0, 0.05) is 0 Å². The fourth-order valence-electron chi connectivity index (χ4n) is 1.34. The monoisotopic (exact) mass is 180 g/mol. The van der Waals surface area contributed by atoms with Crippen LogP contribution in [0.5, 0.6) is 0 Å². The lowest BCUT2D eigenvalue weighted by molar-refractivity contribution is -0.134. The molecule has 0 aromatic carbocycles. The van der Waals surface area contributed by atoms with Crippen LogP contribution >= 0.6 is 0 Å². The lowest BCUT2D eigenvalue weighted by Gasteiger charge is -2.10. The molecule has 0 unspecified atom stereocenters. The van der Waals surface area contributed by atoms with E-state index in [4.69, 9.17) is 5.11 Å². The van der Waals surface area contributed by atoms with Gasteiger partial charge < -0.3 is 5.11 Å². The molecule has 0 saturated carbocycles. The van der Waals surface area contributed by atoms with Crippen molar-refractivity contribution in [2.24, 2.45) is 0 Å². The third kappa shape index (κ3) is 2.28. The number of carboxylic acids is 1. The summed E-state index contributed by atoms with van der Waals surface area (Å²) in [7, 11) is 0. The van der Waals surface area contributed by atoms with Crippen molar-refractivity contribution in [1.82, 2.24) is 0 Å². The van der Waals surface area contributed by atoms with E-state index in [1.807, 2.05) is 6.08 Å². The Hall–Kier alpha value is -1.38. The van der Waals surface area contributed by atoms with E-state index in [0.717, 1.165) is 19.3 Å². The fourth-order valence-corrected chi connectivity index (χ4v) is 1.34. The summed E-state index contributed by atoms with van der Waals surface area (Å²) < 4.78 is 0. The lowest BCUT2D eigenvalue weighted by atomic mass is 9.93. The molecule has 0 saturated heterocycles. The van der Waals surface area contributed by atoms with E-state index in [0.29, 0.717) is 12.0 Å². The minimum Gasteiger partial charge on any atom is -0.478 e. The van der Waals surface area contributed by atoms with Gasteiger partial charge in [0.1, 0.15) is 0 Å². The number of hydrogen-bond donors (Lipinski definition) is 1. The molecule has 0 bridgehead atoms. The highest BCUT2D eigenvalue weighted by molar-refractivity contribution is 6.22. The van der Waals surface area contributed by atoms with Crippen molar-refractivity contribution >= 4 is 11.8 Å². The van der Waals surface area contributed by atoms with E-state index in [1.165, 1.54) is 0 Å². The molecule has 0 atom stereocenters. The van der Waals surface area contributed by atoms with Gasteiger partial charge in [-0.05, 0) is 31.3 Å². The van der Waals surface area contributed by atoms with Crippen LogP contribution in [0.15, 0.2) is 23.8 Å². The van der Waals surface area contributed by atoms with E-state index in [1.54, 1.807) is 0 Å². The Morgan fingerprint density at radius 2 is 2.08 bits per heavy atom. The van der Waals surface area contributed by atoms with Gasteiger partial charge >= 0.3 is 5.97 Å². The van der Waals surface area contributed by atoms with E-state index in [9.17, 15) is 9.59 Å². The average molecular weight is 180 g/mol. The molecule has 0 aliphatic heterocycles. The van der Waals surface area contributed by atoms with Crippen LogP contribution in [0.4, 0.5) is 0 Å². The third-order valence-electron chi connectivity index (χ3n) is 2.11. The second-order valence-corrected chi connectivity index (χ2v) is 3.09. The molecule has 1 aliphatic carbocycles. The molecular weight excluding hydrogens is 168 g/mol. The molecule has 13 heavy (non-hydrogen) atoms. The largest absolute Gasteiger partial charge is 0.478 e. The number of rotatable bonds is 3. The number of ketones is 1. The average Bonchev–Trinajstić information content (AvgIpc) is 2.17. The summed E-state index contributed by atoms with van der Waals surface area (Å²) >= 11 is 0. The Balaban J connectivity index is 2.72. The first-order chi connectivity index (χ1) is 6.13. The van der Waals surface area contributed by atoms with Crippen molar-refractivity contribution < 1.29 is 14.7 Å². The predicted octanol–water partition coefficient (Wildman–Crippen LogP) is 1.70. The van der Waals surface area contributed by atoms with Gasteiger partial charge in [0.25, 0.3) is 0 Å². The summed E-state index contributed by atoms with van der Waals surface area (Å²) in [6.45, 7) is 3.24. The topological polar surface area (TPSA) is 54.4 Å². The number of carbonyl (C=O) groups excluding carboxylic acids is 1. The van der Waals surface area contributed by atoms with E-state index in [2.05, 4.69) is 6.58 Å². The summed E-state index contributed by atoms with van der Waals surface area (Å²) in [5.74, 6) is -1.64. The normalized spacial score (nSPS) is 16.2. The zero-order valence-corrected chi connectivity index (χ0v) is 7.38. The van der Waals surface area contributed by atoms with Crippen molar-refractivity contribution in [1.29, 1.82) is 0 Å². The van der Waals surface area contributed by atoms with Crippen molar-refractivity contribution in [2.45, 2.75) is 25.7 Å². The summed E-state index contributed by atoms with van der Waals surface area (Å²) in [6, 6.07) is 0. The van der Waals surface area contributed by atoms with Gasteiger partial charge in [0.15, 0.2) is 5.78 Å². The highest BCUT2D eigenvalue weighted by Gasteiger charge is 2.19. The molecule has 3 heteroatoms. The molecular formula is C10H12O3. The van der Waals surface area contributed by atoms with Gasteiger partial charge in [0.05, 0.1) is 5.57 Å². The zero-order valence-electron chi connectivity index (χ0n) is 7.38. The van der Waals surface area contributed by atoms with Gasteiger partial charge in [0.2, 0.25) is 0 Å². The van der Waals surface area contributed by atoms with Crippen LogP contribution in [0.2, 0.25) is 0 Å². The first-order valence-corrected chi connectivity index (χ1v) is 4.29. The maximum Gasteiger partial charge on any atom is 0.339 e. The number of Topliss-reactive ketones (excluding diaryl/α,β-unsaturated/α-hetero) is 1. The molecule has 1 aliphatic rings. The molecule has 0 aromatic rings. The Morgan fingerprint density at radius 1 is 1.38 bits per heavy atom. The van der Waals surface area contributed by atoms with E-state index in [-0.39, 0.29) is 5.57 Å². The van der Waals surface area contributed by atoms with Crippen LogP contribution in [-0.4, -0.2) is 16.9 Å². The molecule has 0 amide bonds. The van der Waals surface area contributed by atoms with Crippen LogP contribution in [0.25, 0.3) is 0 Å². The molecule has 0 spiro atoms. The maximum atomic E-state index is 11.4. The van der Waals surface area contributed by atoms with Crippen LogP contribution in [0.3, 0.4) is 0 Å². The second kappa shape index (κ2) is 4.03. The Morgan fingerprint density at radius 3 is 2.54 bits per heavy atom. The molecule has 1 N–H and O–H groups in total. The van der Waals surface area contributed by atoms with Gasteiger partial charge in [-0.15, -0.1) is 0 Å². The molecule has 1 rings (SSSR count). The standard InChI is InChI=1S/C10H12O3/c1-7(10(12)13)9(11)8-5-3-2-4-6-8/h5H,1-4,6H2,(H,12,13). The smallest absolute Gasteiger partial charge is 0.339 e. The van der Waals surface area contributed by atoms with Gasteiger partial charge in [-0.1, -0.05) is 12.7 Å². The molecule has 0 radical (unpaired) electrons. The van der Waals surface area contributed by atoms with E-state index < -0.39 is 11.8 Å². The number of carbonyl (C=O) groups is 2. The Kier molecular flexibility index (Phi) is 3.01. The molecule has 0 aromatic heterocycles. The fraction of sp³-hybridized carbons (Fsp3) is 0.400. The van der Waals surface area contributed by atoms with Crippen molar-refractivity contribution in [3.8, 4) is 0 Å². The zero-order chi connectivity index (χ0) is 9.84. The molecule has 70 valence electrons. The molecule has 3 nitrogen and oxygen atoms in total. The van der Waals surface area contributed by atoms with Gasteiger partial charge in [-0.3, -0.25) is 4.79 Å². The van der Waals surface area contributed by atoms with Crippen LogP contribution in [0, 0.1) is 0 Å². The maximum absolute atomic E-state index is 11.4. The molecule has 0 fully saturated rings. The second-order valence-electron chi connectivity index (χ2n) is 3.09. The summed E-state index contributed by atoms with van der Waals surface area (Å²) in [6.07, 6.45) is 5.42. The Labute approximate surface area is 76.8 Å². The van der Waals surface area contributed by atoms with E-state index >= 15 is 0 Å². The highest BCUT2D eigenvalue weighted by Crippen LogP contribution is 2.20. The number of carboxylic acid groups (broad SMARTS) is 1. The number of allylic oxidation sites excluding steroid dienone is 2. The van der Waals surface area contributed by atoms with Crippen molar-refractivity contribution in [2.75, 3.05) is 0 Å². The van der Waals surface area contributed by atoms with Crippen molar-refractivity contribution in [3.63, 3.8) is 0 Å². The molecule has 0 heterocycles. The lowest BCUT2D eigenvalue weighted by Crippen LogP contribution is -2.14. The van der Waals surface area contributed by atoms with Gasteiger partial charge in [-0.25, -0.2) is 4.79 Å². The number of aliphatic carboxylic acids is 1. The number of hydrogen-bond acceptors (Lipinski definition) is 2.